The van der Waals surface area contributed by atoms with E-state index in [1.807, 2.05) is 0 Å². The Labute approximate surface area is 120 Å². The molecule has 0 aliphatic rings. The summed E-state index contributed by atoms with van der Waals surface area (Å²) < 4.78 is 0. The van der Waals surface area contributed by atoms with Gasteiger partial charge in [0.05, 0.1) is 0 Å². The molecule has 0 amide bonds. The molecule has 1 aromatic carbocycles. The summed E-state index contributed by atoms with van der Waals surface area (Å²) in [6, 6.07) is 12.0. The minimum atomic E-state index is 0.711. The fourth-order valence-electron chi connectivity index (χ4n) is 3.01. The third kappa shape index (κ3) is 6.27. The molecule has 0 bridgehead atoms. The van der Waals surface area contributed by atoms with Gasteiger partial charge in [0.1, 0.15) is 0 Å². The van der Waals surface area contributed by atoms with Crippen molar-refractivity contribution in [1.82, 2.24) is 0 Å². The summed E-state index contributed by atoms with van der Waals surface area (Å²) in [6.07, 6.45) is 10.9. The van der Waals surface area contributed by atoms with Gasteiger partial charge in [-0.1, -0.05) is 90.0 Å². The molecule has 1 radical (unpaired) electrons. The lowest BCUT2D eigenvalue weighted by Crippen LogP contribution is -2.10. The minimum absolute atomic E-state index is 0.711. The highest BCUT2D eigenvalue weighted by atomic mass is 14.2. The maximum absolute atomic E-state index is 3.46. The van der Waals surface area contributed by atoms with Gasteiger partial charge in [-0.05, 0) is 29.9 Å². The van der Waals surface area contributed by atoms with Gasteiger partial charge >= 0.3 is 0 Å². The minimum Gasteiger partial charge on any atom is -0.0654 e. The Morgan fingerprint density at radius 2 is 1.74 bits per heavy atom. The largest absolute Gasteiger partial charge is 0.0654 e. The second kappa shape index (κ2) is 10.1. The molecular formula is C19H31. The van der Waals surface area contributed by atoms with E-state index in [4.69, 9.17) is 0 Å². The first-order valence-electron chi connectivity index (χ1n) is 8.26. The fraction of sp³-hybridized carbons (Fsp3) is 0.684. The molecule has 0 aromatic heterocycles. The van der Waals surface area contributed by atoms with Crippen molar-refractivity contribution in [3.63, 3.8) is 0 Å². The highest BCUT2D eigenvalue weighted by Crippen LogP contribution is 2.32. The smallest absolute Gasteiger partial charge is 0.0130 e. The molecule has 0 saturated heterocycles. The predicted octanol–water partition coefficient (Wildman–Crippen LogP) is 6.37. The first kappa shape index (κ1) is 16.3. The summed E-state index contributed by atoms with van der Waals surface area (Å²) in [4.78, 5) is 0. The van der Waals surface area contributed by atoms with Gasteiger partial charge in [-0.25, -0.2) is 0 Å². The van der Waals surface area contributed by atoms with Gasteiger partial charge in [-0.15, -0.1) is 0 Å². The van der Waals surface area contributed by atoms with Crippen molar-refractivity contribution in [2.75, 3.05) is 0 Å². The topological polar surface area (TPSA) is 0 Å². The highest BCUT2D eigenvalue weighted by molar-refractivity contribution is 5.18. The molecule has 0 aliphatic heterocycles. The van der Waals surface area contributed by atoms with E-state index in [-0.39, 0.29) is 0 Å². The fourth-order valence-corrected chi connectivity index (χ4v) is 3.01. The van der Waals surface area contributed by atoms with Crippen molar-refractivity contribution < 1.29 is 0 Å². The van der Waals surface area contributed by atoms with Crippen LogP contribution in [0.15, 0.2) is 24.3 Å². The molecule has 0 fully saturated rings. The van der Waals surface area contributed by atoms with Crippen LogP contribution in [0.25, 0.3) is 0 Å². The molecule has 0 saturated carbocycles. The Morgan fingerprint density at radius 1 is 0.947 bits per heavy atom. The van der Waals surface area contributed by atoms with E-state index < -0.39 is 0 Å². The maximum atomic E-state index is 3.46. The Hall–Kier alpha value is -0.780. The molecule has 1 rings (SSSR count). The molecule has 0 N–H and O–H groups in total. The summed E-state index contributed by atoms with van der Waals surface area (Å²) >= 11 is 0. The Kier molecular flexibility index (Phi) is 8.62. The molecular weight excluding hydrogens is 228 g/mol. The van der Waals surface area contributed by atoms with Crippen LogP contribution in [0.3, 0.4) is 0 Å². The Balaban J connectivity index is 2.50. The van der Waals surface area contributed by atoms with E-state index in [9.17, 15) is 0 Å². The van der Waals surface area contributed by atoms with E-state index in [0.29, 0.717) is 5.92 Å². The van der Waals surface area contributed by atoms with Crippen LogP contribution in [-0.4, -0.2) is 0 Å². The summed E-state index contributed by atoms with van der Waals surface area (Å²) in [6.45, 7) is 7.00. The van der Waals surface area contributed by atoms with Gasteiger partial charge in [0.15, 0.2) is 0 Å². The van der Waals surface area contributed by atoms with Gasteiger partial charge in [-0.2, -0.15) is 0 Å². The van der Waals surface area contributed by atoms with E-state index >= 15 is 0 Å². The van der Waals surface area contributed by atoms with E-state index in [1.54, 1.807) is 0 Å². The SMILES string of the molecule is CCCCCCCC(c1[c]cccc1)C(C)CCC. The number of hydrogen-bond acceptors (Lipinski definition) is 0. The van der Waals surface area contributed by atoms with Crippen LogP contribution >= 0.6 is 0 Å². The molecule has 0 heteroatoms. The predicted molar refractivity (Wildman–Crippen MR) is 85.5 cm³/mol. The summed E-state index contributed by atoms with van der Waals surface area (Å²) in [5, 5.41) is 0. The third-order valence-electron chi connectivity index (χ3n) is 4.18. The van der Waals surface area contributed by atoms with Crippen LogP contribution in [0.2, 0.25) is 0 Å². The van der Waals surface area contributed by atoms with Crippen LogP contribution in [0.4, 0.5) is 0 Å². The molecule has 2 atom stereocenters. The Bertz CT molecular complexity index is 301. The average Bonchev–Trinajstić information content (AvgIpc) is 2.44. The van der Waals surface area contributed by atoms with Gasteiger partial charge < -0.3 is 0 Å². The van der Waals surface area contributed by atoms with E-state index in [0.717, 1.165) is 5.92 Å². The number of benzene rings is 1. The van der Waals surface area contributed by atoms with Crippen molar-refractivity contribution in [2.45, 2.75) is 78.1 Å². The summed E-state index contributed by atoms with van der Waals surface area (Å²) in [7, 11) is 0. The monoisotopic (exact) mass is 259 g/mol. The Morgan fingerprint density at radius 3 is 2.37 bits per heavy atom. The molecule has 0 nitrogen and oxygen atoms in total. The van der Waals surface area contributed by atoms with Gasteiger partial charge in [0, 0.05) is 0 Å². The van der Waals surface area contributed by atoms with Crippen LogP contribution in [0.5, 0.6) is 0 Å². The molecule has 0 heterocycles. The summed E-state index contributed by atoms with van der Waals surface area (Å²) in [5.41, 5.74) is 1.43. The lowest BCUT2D eigenvalue weighted by molar-refractivity contribution is 0.389. The standard InChI is InChI=1S/C19H31/c1-4-6-7-8-12-16-19(17(3)13-5-2)18-14-10-9-11-15-18/h9-11,14,17,19H,4-8,12-13,16H2,1-3H3. The van der Waals surface area contributed by atoms with Crippen molar-refractivity contribution in [1.29, 1.82) is 0 Å². The van der Waals surface area contributed by atoms with Crippen LogP contribution in [0, 0.1) is 12.0 Å². The normalized spacial score (nSPS) is 14.3. The number of unbranched alkanes of at least 4 members (excludes halogenated alkanes) is 4. The third-order valence-corrected chi connectivity index (χ3v) is 4.18. The molecule has 0 spiro atoms. The highest BCUT2D eigenvalue weighted by Gasteiger charge is 2.18. The van der Waals surface area contributed by atoms with Crippen molar-refractivity contribution in [3.8, 4) is 0 Å². The molecule has 19 heavy (non-hydrogen) atoms. The average molecular weight is 259 g/mol. The van der Waals surface area contributed by atoms with Gasteiger partial charge in [0.2, 0.25) is 0 Å². The first-order valence-corrected chi connectivity index (χ1v) is 8.26. The number of rotatable bonds is 10. The molecule has 1 aromatic rings. The second-order valence-corrected chi connectivity index (χ2v) is 5.89. The lowest BCUT2D eigenvalue weighted by Gasteiger charge is -2.24. The quantitative estimate of drug-likeness (QED) is 0.428. The van der Waals surface area contributed by atoms with Crippen LogP contribution < -0.4 is 0 Å². The first-order chi connectivity index (χ1) is 9.29. The number of hydrogen-bond donors (Lipinski definition) is 0. The van der Waals surface area contributed by atoms with Crippen LogP contribution in [0.1, 0.15) is 83.6 Å². The molecule has 2 unspecified atom stereocenters. The molecule has 107 valence electrons. The zero-order chi connectivity index (χ0) is 13.9. The van der Waals surface area contributed by atoms with Crippen molar-refractivity contribution in [3.05, 3.63) is 35.9 Å². The zero-order valence-corrected chi connectivity index (χ0v) is 13.1. The van der Waals surface area contributed by atoms with E-state index in [1.165, 1.54) is 56.9 Å². The van der Waals surface area contributed by atoms with Crippen molar-refractivity contribution >= 4 is 0 Å². The lowest BCUT2D eigenvalue weighted by atomic mass is 9.81. The maximum Gasteiger partial charge on any atom is -0.0130 e. The second-order valence-electron chi connectivity index (χ2n) is 5.89. The van der Waals surface area contributed by atoms with Gasteiger partial charge in [-0.3, -0.25) is 0 Å². The molecule has 0 aliphatic carbocycles. The zero-order valence-electron chi connectivity index (χ0n) is 13.1. The van der Waals surface area contributed by atoms with Gasteiger partial charge in [0.25, 0.3) is 0 Å². The summed E-state index contributed by atoms with van der Waals surface area (Å²) in [5.74, 6) is 1.50. The van der Waals surface area contributed by atoms with Crippen molar-refractivity contribution in [2.24, 2.45) is 5.92 Å². The van der Waals surface area contributed by atoms with E-state index in [2.05, 4.69) is 51.1 Å². The van der Waals surface area contributed by atoms with Crippen LogP contribution in [-0.2, 0) is 0 Å².